The lowest BCUT2D eigenvalue weighted by Crippen LogP contribution is -2.33. The summed E-state index contributed by atoms with van der Waals surface area (Å²) in [6, 6.07) is 32.9. The van der Waals surface area contributed by atoms with E-state index in [0.717, 1.165) is 50.1 Å². The lowest BCUT2D eigenvalue weighted by molar-refractivity contribution is 0.0528. The molecule has 8 nitrogen and oxygen atoms in total. The standard InChI is InChI=1S/C37H34N4O4/c1-37(2,3)45-36(43)39-20-18-24-8-6-9-25(22-24)35(42)41-27-16-14-26(15-17-27)40-28-19-21-38-32(23-28)31-12-7-11-30-29-10-4-5-13-33(29)44-34(30)31/h4-17,19,21-23H,18,20H2,1-3H3,(H,38,40)(H,39,43)(H,41,42). The molecule has 45 heavy (non-hydrogen) atoms. The molecule has 6 aromatic rings. The van der Waals surface area contributed by atoms with Gasteiger partial charge in [-0.05, 0) is 93.4 Å². The Balaban J connectivity index is 1.08. The minimum Gasteiger partial charge on any atom is -0.455 e. The smallest absolute Gasteiger partial charge is 0.407 e. The van der Waals surface area contributed by atoms with Gasteiger partial charge in [0.05, 0.1) is 5.69 Å². The number of nitrogens with one attached hydrogen (secondary N) is 3. The minimum absolute atomic E-state index is 0.212. The minimum atomic E-state index is -0.550. The van der Waals surface area contributed by atoms with E-state index in [1.54, 1.807) is 12.3 Å². The number of hydrogen-bond donors (Lipinski definition) is 3. The highest BCUT2D eigenvalue weighted by Crippen LogP contribution is 2.35. The van der Waals surface area contributed by atoms with Crippen LogP contribution in [0.3, 0.4) is 0 Å². The number of fused-ring (bicyclic) bond motifs is 3. The molecule has 3 N–H and O–H groups in total. The molecule has 4 aromatic carbocycles. The first kappa shape index (κ1) is 29.4. The molecule has 0 unspecified atom stereocenters. The highest BCUT2D eigenvalue weighted by Gasteiger charge is 2.16. The number of para-hydroxylation sites is 2. The number of amides is 2. The fourth-order valence-corrected chi connectivity index (χ4v) is 5.10. The average Bonchev–Trinajstić information content (AvgIpc) is 3.40. The lowest BCUT2D eigenvalue weighted by atomic mass is 10.1. The fourth-order valence-electron chi connectivity index (χ4n) is 5.10. The highest BCUT2D eigenvalue weighted by molar-refractivity contribution is 6.09. The van der Waals surface area contributed by atoms with Crippen molar-refractivity contribution in [2.24, 2.45) is 0 Å². The topological polar surface area (TPSA) is 105 Å². The maximum absolute atomic E-state index is 13.0. The first-order valence-corrected chi connectivity index (χ1v) is 14.8. The fraction of sp³-hybridized carbons (Fsp3) is 0.162. The summed E-state index contributed by atoms with van der Waals surface area (Å²) in [5.41, 5.74) is 6.73. The second-order valence-corrected chi connectivity index (χ2v) is 11.7. The number of carbonyl (C=O) groups is 2. The summed E-state index contributed by atoms with van der Waals surface area (Å²) >= 11 is 0. The van der Waals surface area contributed by atoms with Gasteiger partial charge in [-0.2, -0.15) is 0 Å². The van der Waals surface area contributed by atoms with Crippen molar-refractivity contribution in [1.29, 1.82) is 0 Å². The third kappa shape index (κ3) is 7.13. The number of hydrogen-bond acceptors (Lipinski definition) is 6. The second kappa shape index (κ2) is 12.5. The molecule has 8 heteroatoms. The molecule has 0 aliphatic rings. The first-order chi connectivity index (χ1) is 21.7. The lowest BCUT2D eigenvalue weighted by Gasteiger charge is -2.19. The van der Waals surface area contributed by atoms with E-state index in [-0.39, 0.29) is 5.91 Å². The predicted octanol–water partition coefficient (Wildman–Crippen LogP) is 8.71. The van der Waals surface area contributed by atoms with Crippen LogP contribution in [0.4, 0.5) is 21.9 Å². The van der Waals surface area contributed by atoms with Crippen LogP contribution in [-0.4, -0.2) is 29.1 Å². The second-order valence-electron chi connectivity index (χ2n) is 11.7. The Morgan fingerprint density at radius 2 is 1.56 bits per heavy atom. The van der Waals surface area contributed by atoms with Gasteiger partial charge in [-0.15, -0.1) is 0 Å². The van der Waals surface area contributed by atoms with Gasteiger partial charge in [-0.25, -0.2) is 4.79 Å². The van der Waals surface area contributed by atoms with Crippen LogP contribution in [0.5, 0.6) is 0 Å². The van der Waals surface area contributed by atoms with Crippen molar-refractivity contribution in [1.82, 2.24) is 10.3 Å². The largest absolute Gasteiger partial charge is 0.455 e. The Labute approximate surface area is 261 Å². The summed E-state index contributed by atoms with van der Waals surface area (Å²) < 4.78 is 11.5. The Morgan fingerprint density at radius 3 is 2.38 bits per heavy atom. The van der Waals surface area contributed by atoms with E-state index in [0.29, 0.717) is 24.2 Å². The van der Waals surface area contributed by atoms with Crippen molar-refractivity contribution in [2.45, 2.75) is 32.8 Å². The third-order valence-corrected chi connectivity index (χ3v) is 7.14. The number of aromatic nitrogens is 1. The molecule has 0 aliphatic heterocycles. The summed E-state index contributed by atoms with van der Waals surface area (Å²) in [5, 5.41) is 11.3. The van der Waals surface area contributed by atoms with Crippen LogP contribution in [0.15, 0.2) is 114 Å². The van der Waals surface area contributed by atoms with Gasteiger partial charge >= 0.3 is 6.09 Å². The van der Waals surface area contributed by atoms with E-state index in [1.807, 2.05) is 106 Å². The molecule has 0 saturated heterocycles. The van der Waals surface area contributed by atoms with Crippen molar-refractivity contribution >= 4 is 51.0 Å². The number of anilines is 3. The Kier molecular flexibility index (Phi) is 8.20. The van der Waals surface area contributed by atoms with Crippen LogP contribution in [0.2, 0.25) is 0 Å². The average molecular weight is 599 g/mol. The van der Waals surface area contributed by atoms with Gasteiger partial charge < -0.3 is 25.1 Å². The highest BCUT2D eigenvalue weighted by atomic mass is 16.6. The first-order valence-electron chi connectivity index (χ1n) is 14.8. The molecule has 0 spiro atoms. The molecule has 2 heterocycles. The number of alkyl carbamates (subject to hydrolysis) is 1. The van der Waals surface area contributed by atoms with E-state index in [4.69, 9.17) is 9.15 Å². The molecule has 0 atom stereocenters. The van der Waals surface area contributed by atoms with E-state index < -0.39 is 11.7 Å². The maximum Gasteiger partial charge on any atom is 0.407 e. The zero-order valence-corrected chi connectivity index (χ0v) is 25.4. The summed E-state index contributed by atoms with van der Waals surface area (Å²) in [4.78, 5) is 29.5. The Hall–Kier alpha value is -5.63. The Morgan fingerprint density at radius 1 is 0.800 bits per heavy atom. The molecular weight excluding hydrogens is 564 g/mol. The van der Waals surface area contributed by atoms with Crippen LogP contribution in [-0.2, 0) is 11.2 Å². The molecule has 226 valence electrons. The molecular formula is C37H34N4O4. The molecule has 2 amide bonds. The number of pyridine rings is 1. The summed E-state index contributed by atoms with van der Waals surface area (Å²) in [7, 11) is 0. The number of nitrogens with zero attached hydrogens (tertiary/aromatic N) is 1. The van der Waals surface area contributed by atoms with E-state index in [9.17, 15) is 9.59 Å². The Bertz CT molecular complexity index is 1990. The molecule has 2 aromatic heterocycles. The van der Waals surface area contributed by atoms with Gasteiger partial charge in [0, 0.05) is 51.7 Å². The quantitative estimate of drug-likeness (QED) is 0.162. The van der Waals surface area contributed by atoms with Crippen LogP contribution in [0.1, 0.15) is 36.7 Å². The van der Waals surface area contributed by atoms with E-state index in [2.05, 4.69) is 33.1 Å². The molecule has 0 saturated carbocycles. The normalized spacial score (nSPS) is 11.4. The van der Waals surface area contributed by atoms with Crippen molar-refractivity contribution in [3.8, 4) is 11.3 Å². The van der Waals surface area contributed by atoms with Crippen LogP contribution < -0.4 is 16.0 Å². The van der Waals surface area contributed by atoms with Gasteiger partial charge in [0.2, 0.25) is 0 Å². The third-order valence-electron chi connectivity index (χ3n) is 7.14. The van der Waals surface area contributed by atoms with Crippen molar-refractivity contribution < 1.29 is 18.7 Å². The number of benzene rings is 4. The van der Waals surface area contributed by atoms with Crippen LogP contribution in [0.25, 0.3) is 33.2 Å². The van der Waals surface area contributed by atoms with Crippen molar-refractivity contribution in [3.63, 3.8) is 0 Å². The van der Waals surface area contributed by atoms with Gasteiger partial charge in [-0.3, -0.25) is 9.78 Å². The number of rotatable bonds is 8. The summed E-state index contributed by atoms with van der Waals surface area (Å²) in [5.74, 6) is -0.212. The molecule has 0 bridgehead atoms. The summed E-state index contributed by atoms with van der Waals surface area (Å²) in [6.45, 7) is 5.87. The number of furan rings is 1. The number of carbonyl (C=O) groups excluding carboxylic acids is 2. The number of ether oxygens (including phenoxy) is 1. The predicted molar refractivity (Wildman–Crippen MR) is 179 cm³/mol. The van der Waals surface area contributed by atoms with Crippen molar-refractivity contribution in [2.75, 3.05) is 17.2 Å². The van der Waals surface area contributed by atoms with E-state index in [1.165, 1.54) is 0 Å². The van der Waals surface area contributed by atoms with Gasteiger partial charge in [0.25, 0.3) is 5.91 Å². The van der Waals surface area contributed by atoms with Crippen LogP contribution in [0, 0.1) is 0 Å². The molecule has 6 rings (SSSR count). The van der Waals surface area contributed by atoms with Crippen LogP contribution >= 0.6 is 0 Å². The zero-order chi connectivity index (χ0) is 31.4. The molecule has 0 radical (unpaired) electrons. The molecule has 0 fully saturated rings. The zero-order valence-electron chi connectivity index (χ0n) is 25.4. The van der Waals surface area contributed by atoms with Gasteiger partial charge in [-0.1, -0.05) is 42.5 Å². The summed E-state index contributed by atoms with van der Waals surface area (Å²) in [6.07, 6.45) is 1.89. The maximum atomic E-state index is 13.0. The monoisotopic (exact) mass is 598 g/mol. The molecule has 0 aliphatic carbocycles. The van der Waals surface area contributed by atoms with E-state index >= 15 is 0 Å². The van der Waals surface area contributed by atoms with Crippen molar-refractivity contribution in [3.05, 3.63) is 120 Å². The van der Waals surface area contributed by atoms with Gasteiger partial charge in [0.15, 0.2) is 0 Å². The SMILES string of the molecule is CC(C)(C)OC(=O)NCCc1cccc(C(=O)Nc2ccc(Nc3ccnc(-c4cccc5c4oc4ccccc45)c3)cc2)c1. The van der Waals surface area contributed by atoms with Gasteiger partial charge in [0.1, 0.15) is 16.8 Å².